The molecule has 0 atom stereocenters. The van der Waals surface area contributed by atoms with Crippen molar-refractivity contribution in [2.45, 2.75) is 19.9 Å². The smallest absolute Gasteiger partial charge is 0.314 e. The Labute approximate surface area is 84.5 Å². The third-order valence-electron chi connectivity index (χ3n) is 2.17. The molecule has 1 rings (SSSR count). The number of nitrogens with one attached hydrogen (secondary N) is 2. The maximum atomic E-state index is 11.0. The van der Waals surface area contributed by atoms with Gasteiger partial charge in [0.05, 0.1) is 0 Å². The van der Waals surface area contributed by atoms with E-state index in [1.807, 2.05) is 18.2 Å². The molecule has 0 heterocycles. The first-order valence-electron chi connectivity index (χ1n) is 4.80. The first-order chi connectivity index (χ1) is 6.77. The van der Waals surface area contributed by atoms with E-state index in [2.05, 4.69) is 23.6 Å². The molecule has 0 bridgehead atoms. The molecule has 1 aromatic carbocycles. The van der Waals surface area contributed by atoms with Gasteiger partial charge in [0.15, 0.2) is 0 Å². The van der Waals surface area contributed by atoms with Crippen LogP contribution in [0.25, 0.3) is 0 Å². The van der Waals surface area contributed by atoms with Crippen LogP contribution in [0.5, 0.6) is 0 Å². The van der Waals surface area contributed by atoms with Crippen LogP contribution < -0.4 is 10.6 Å². The average Bonchev–Trinajstić information content (AvgIpc) is 2.26. The minimum Gasteiger partial charge on any atom is -0.341 e. The number of urea groups is 1. The van der Waals surface area contributed by atoms with Crippen molar-refractivity contribution in [1.29, 1.82) is 0 Å². The van der Waals surface area contributed by atoms with Crippen LogP contribution in [0, 0.1) is 0 Å². The number of aryl methyl sites for hydroxylation is 1. The summed E-state index contributed by atoms with van der Waals surface area (Å²) in [7, 11) is 1.61. The van der Waals surface area contributed by atoms with Crippen molar-refractivity contribution in [3.8, 4) is 0 Å². The van der Waals surface area contributed by atoms with Gasteiger partial charge in [-0.25, -0.2) is 4.79 Å². The number of carbonyl (C=O) groups excluding carboxylic acids is 1. The Morgan fingerprint density at radius 3 is 2.50 bits per heavy atom. The van der Waals surface area contributed by atoms with Crippen LogP contribution in [0.15, 0.2) is 24.3 Å². The van der Waals surface area contributed by atoms with Crippen molar-refractivity contribution in [3.63, 3.8) is 0 Å². The lowest BCUT2D eigenvalue weighted by Crippen LogP contribution is -2.32. The first kappa shape index (κ1) is 10.6. The van der Waals surface area contributed by atoms with Gasteiger partial charge in [-0.05, 0) is 17.5 Å². The zero-order chi connectivity index (χ0) is 10.4. The van der Waals surface area contributed by atoms with E-state index in [1.165, 1.54) is 11.1 Å². The molecule has 0 unspecified atom stereocenters. The Morgan fingerprint density at radius 1 is 1.29 bits per heavy atom. The van der Waals surface area contributed by atoms with Gasteiger partial charge in [0.25, 0.3) is 0 Å². The van der Waals surface area contributed by atoms with Gasteiger partial charge >= 0.3 is 6.03 Å². The lowest BCUT2D eigenvalue weighted by Gasteiger charge is -2.08. The second-order valence-electron chi connectivity index (χ2n) is 3.05. The molecule has 0 aliphatic rings. The fourth-order valence-electron chi connectivity index (χ4n) is 1.34. The number of carbonyl (C=O) groups is 1. The topological polar surface area (TPSA) is 41.1 Å². The van der Waals surface area contributed by atoms with Gasteiger partial charge in [-0.15, -0.1) is 0 Å². The van der Waals surface area contributed by atoms with Crippen LogP contribution in [0.3, 0.4) is 0 Å². The Hall–Kier alpha value is -1.51. The summed E-state index contributed by atoms with van der Waals surface area (Å²) in [6.07, 6.45) is 0.992. The summed E-state index contributed by atoms with van der Waals surface area (Å²) in [6, 6.07) is 7.98. The second kappa shape index (κ2) is 5.27. The average molecular weight is 192 g/mol. The van der Waals surface area contributed by atoms with Crippen LogP contribution in [0.1, 0.15) is 18.1 Å². The standard InChI is InChI=1S/C11H16N2O/c1-3-9-6-4-5-7-10(9)8-13-11(14)12-2/h4-7H,3,8H2,1-2H3,(H2,12,13,14). The van der Waals surface area contributed by atoms with Gasteiger partial charge in [-0.3, -0.25) is 0 Å². The van der Waals surface area contributed by atoms with Crippen LogP contribution in [0.2, 0.25) is 0 Å². The SMILES string of the molecule is CCc1ccccc1CNC(=O)NC. The molecule has 76 valence electrons. The summed E-state index contributed by atoms with van der Waals surface area (Å²) < 4.78 is 0. The summed E-state index contributed by atoms with van der Waals surface area (Å²) in [6.45, 7) is 2.70. The number of hydrogen-bond donors (Lipinski definition) is 2. The Morgan fingerprint density at radius 2 is 1.93 bits per heavy atom. The zero-order valence-electron chi connectivity index (χ0n) is 8.63. The molecule has 3 nitrogen and oxygen atoms in total. The minimum absolute atomic E-state index is 0.143. The molecule has 1 aromatic rings. The lowest BCUT2D eigenvalue weighted by molar-refractivity contribution is 0.242. The van der Waals surface area contributed by atoms with Crippen molar-refractivity contribution in [2.75, 3.05) is 7.05 Å². The second-order valence-corrected chi connectivity index (χ2v) is 3.05. The van der Waals surface area contributed by atoms with Gasteiger partial charge in [-0.1, -0.05) is 31.2 Å². The van der Waals surface area contributed by atoms with E-state index in [9.17, 15) is 4.79 Å². The molecule has 3 heteroatoms. The van der Waals surface area contributed by atoms with E-state index in [1.54, 1.807) is 7.05 Å². The maximum Gasteiger partial charge on any atom is 0.314 e. The molecule has 2 amide bonds. The number of rotatable bonds is 3. The van der Waals surface area contributed by atoms with E-state index in [-0.39, 0.29) is 6.03 Å². The quantitative estimate of drug-likeness (QED) is 0.751. The monoisotopic (exact) mass is 192 g/mol. The van der Waals surface area contributed by atoms with Crippen molar-refractivity contribution in [1.82, 2.24) is 10.6 Å². The molecule has 0 spiro atoms. The van der Waals surface area contributed by atoms with Gasteiger partial charge in [0, 0.05) is 13.6 Å². The molecule has 0 fully saturated rings. The molecule has 0 radical (unpaired) electrons. The highest BCUT2D eigenvalue weighted by atomic mass is 16.2. The van der Waals surface area contributed by atoms with E-state index in [0.29, 0.717) is 6.54 Å². The largest absolute Gasteiger partial charge is 0.341 e. The van der Waals surface area contributed by atoms with Crippen LogP contribution >= 0.6 is 0 Å². The summed E-state index contributed by atoms with van der Waals surface area (Å²) in [5, 5.41) is 5.30. The number of hydrogen-bond acceptors (Lipinski definition) is 1. The molecule has 0 aliphatic heterocycles. The predicted molar refractivity (Wildman–Crippen MR) is 57.1 cm³/mol. The van der Waals surface area contributed by atoms with E-state index in [4.69, 9.17) is 0 Å². The lowest BCUT2D eigenvalue weighted by atomic mass is 10.1. The normalized spacial score (nSPS) is 9.57. The van der Waals surface area contributed by atoms with Crippen LogP contribution in [0.4, 0.5) is 4.79 Å². The molecule has 14 heavy (non-hydrogen) atoms. The Balaban J connectivity index is 2.61. The maximum absolute atomic E-state index is 11.0. The summed E-state index contributed by atoms with van der Waals surface area (Å²) >= 11 is 0. The minimum atomic E-state index is -0.143. The third kappa shape index (κ3) is 2.76. The van der Waals surface area contributed by atoms with E-state index < -0.39 is 0 Å². The molecular formula is C11H16N2O. The van der Waals surface area contributed by atoms with Gasteiger partial charge in [0.2, 0.25) is 0 Å². The van der Waals surface area contributed by atoms with Crippen LogP contribution in [-0.4, -0.2) is 13.1 Å². The predicted octanol–water partition coefficient (Wildman–Crippen LogP) is 1.68. The molecule has 0 saturated heterocycles. The zero-order valence-corrected chi connectivity index (χ0v) is 8.63. The summed E-state index contributed by atoms with van der Waals surface area (Å²) in [5.74, 6) is 0. The van der Waals surface area contributed by atoms with Gasteiger partial charge in [-0.2, -0.15) is 0 Å². The highest BCUT2D eigenvalue weighted by molar-refractivity contribution is 5.73. The van der Waals surface area contributed by atoms with Crippen molar-refractivity contribution in [2.24, 2.45) is 0 Å². The Kier molecular flexibility index (Phi) is 3.98. The van der Waals surface area contributed by atoms with Crippen LogP contribution in [-0.2, 0) is 13.0 Å². The highest BCUT2D eigenvalue weighted by Gasteiger charge is 2.00. The summed E-state index contributed by atoms with van der Waals surface area (Å²) in [5.41, 5.74) is 2.46. The van der Waals surface area contributed by atoms with Gasteiger partial charge < -0.3 is 10.6 Å². The third-order valence-corrected chi connectivity index (χ3v) is 2.17. The molecule has 0 aliphatic carbocycles. The number of benzene rings is 1. The fraction of sp³-hybridized carbons (Fsp3) is 0.364. The summed E-state index contributed by atoms with van der Waals surface area (Å²) in [4.78, 5) is 11.0. The van der Waals surface area contributed by atoms with Crippen molar-refractivity contribution < 1.29 is 4.79 Å². The number of amides is 2. The fourth-order valence-corrected chi connectivity index (χ4v) is 1.34. The highest BCUT2D eigenvalue weighted by Crippen LogP contribution is 2.08. The molecule has 0 saturated carbocycles. The van der Waals surface area contributed by atoms with E-state index >= 15 is 0 Å². The molecule has 0 aromatic heterocycles. The molecular weight excluding hydrogens is 176 g/mol. The van der Waals surface area contributed by atoms with Crippen molar-refractivity contribution in [3.05, 3.63) is 35.4 Å². The Bertz CT molecular complexity index is 310. The van der Waals surface area contributed by atoms with Gasteiger partial charge in [0.1, 0.15) is 0 Å². The molecule has 2 N–H and O–H groups in total. The first-order valence-corrected chi connectivity index (χ1v) is 4.80. The van der Waals surface area contributed by atoms with E-state index in [0.717, 1.165) is 6.42 Å². The van der Waals surface area contributed by atoms with Crippen molar-refractivity contribution >= 4 is 6.03 Å².